The van der Waals surface area contributed by atoms with E-state index < -0.39 is 0 Å². The van der Waals surface area contributed by atoms with Gasteiger partial charge in [-0.2, -0.15) is 5.10 Å². The Hall–Kier alpha value is -3.29. The van der Waals surface area contributed by atoms with Crippen molar-refractivity contribution in [2.45, 2.75) is 19.5 Å². The van der Waals surface area contributed by atoms with E-state index in [4.69, 9.17) is 9.84 Å². The first kappa shape index (κ1) is 25.0. The summed E-state index contributed by atoms with van der Waals surface area (Å²) in [5.74, 6) is 0.751. The maximum absolute atomic E-state index is 13.2. The molecule has 6 heterocycles. The highest BCUT2D eigenvalue weighted by Gasteiger charge is 2.24. The predicted molar refractivity (Wildman–Crippen MR) is 156 cm³/mol. The Kier molecular flexibility index (Phi) is 6.89. The fourth-order valence-electron chi connectivity index (χ4n) is 5.21. The Balaban J connectivity index is 1.40. The Morgan fingerprint density at radius 2 is 1.95 bits per heavy atom. The van der Waals surface area contributed by atoms with Crippen molar-refractivity contribution in [1.82, 2.24) is 33.6 Å². The molecule has 1 saturated heterocycles. The van der Waals surface area contributed by atoms with Crippen LogP contribution in [-0.4, -0.2) is 73.5 Å². The van der Waals surface area contributed by atoms with Crippen LogP contribution in [0.4, 0.5) is 5.82 Å². The van der Waals surface area contributed by atoms with E-state index in [1.807, 2.05) is 42.3 Å². The van der Waals surface area contributed by atoms with Crippen LogP contribution in [0.5, 0.6) is 0 Å². The lowest BCUT2D eigenvalue weighted by Crippen LogP contribution is -2.39. The summed E-state index contributed by atoms with van der Waals surface area (Å²) in [4.78, 5) is 24.5. The van der Waals surface area contributed by atoms with Crippen LogP contribution in [-0.2, 0) is 11.3 Å². The fourth-order valence-corrected chi connectivity index (χ4v) is 5.93. The maximum Gasteiger partial charge on any atom is 0.251 e. The van der Waals surface area contributed by atoms with Gasteiger partial charge in [0.2, 0.25) is 0 Å². The zero-order valence-electron chi connectivity index (χ0n) is 21.3. The number of hydrogen-bond donors (Lipinski definition) is 1. The normalized spacial score (nSPS) is 15.3. The number of aromatic nitrogens is 6. The highest BCUT2D eigenvalue weighted by molar-refractivity contribution is 14.1. The Bertz CT molecular complexity index is 1670. The van der Waals surface area contributed by atoms with E-state index in [0.29, 0.717) is 6.54 Å². The van der Waals surface area contributed by atoms with Crippen LogP contribution in [0.2, 0.25) is 0 Å². The number of ether oxygens (including phenoxy) is 1. The van der Waals surface area contributed by atoms with Crippen LogP contribution in [0, 0.1) is 3.70 Å². The van der Waals surface area contributed by atoms with Crippen LogP contribution in [0.25, 0.3) is 27.8 Å². The molecule has 1 atom stereocenters. The minimum absolute atomic E-state index is 0.00858. The quantitative estimate of drug-likeness (QED) is 0.277. The molecule has 11 heteroatoms. The van der Waals surface area contributed by atoms with Crippen molar-refractivity contribution >= 4 is 45.0 Å². The number of rotatable bonds is 7. The molecule has 1 N–H and O–H groups in total. The van der Waals surface area contributed by atoms with Gasteiger partial charge in [-0.25, -0.2) is 14.6 Å². The number of halogens is 1. The van der Waals surface area contributed by atoms with Crippen molar-refractivity contribution in [3.05, 3.63) is 74.7 Å². The van der Waals surface area contributed by atoms with E-state index in [1.165, 1.54) is 0 Å². The van der Waals surface area contributed by atoms with Gasteiger partial charge in [0, 0.05) is 68.3 Å². The van der Waals surface area contributed by atoms with Crippen molar-refractivity contribution in [3.8, 4) is 11.3 Å². The van der Waals surface area contributed by atoms with Crippen molar-refractivity contribution in [2.75, 3.05) is 45.2 Å². The lowest BCUT2D eigenvalue weighted by atomic mass is 10.0. The summed E-state index contributed by atoms with van der Waals surface area (Å²) in [6, 6.07) is 11.9. The molecule has 0 aliphatic carbocycles. The highest BCUT2D eigenvalue weighted by atomic mass is 127. The minimum Gasteiger partial charge on any atom is -0.379 e. The molecule has 5 aromatic heterocycles. The number of hydrogen-bond acceptors (Lipinski definition) is 7. The molecule has 0 spiro atoms. The van der Waals surface area contributed by atoms with Gasteiger partial charge in [0.25, 0.3) is 5.56 Å². The van der Waals surface area contributed by atoms with Crippen LogP contribution < -0.4 is 10.9 Å². The zero-order chi connectivity index (χ0) is 26.2. The molecule has 1 aliphatic rings. The molecule has 6 rings (SSSR count). The van der Waals surface area contributed by atoms with Crippen LogP contribution >= 0.6 is 22.6 Å². The first-order chi connectivity index (χ1) is 18.5. The predicted octanol–water partition coefficient (Wildman–Crippen LogP) is 3.50. The summed E-state index contributed by atoms with van der Waals surface area (Å²) in [6.45, 7) is 6.93. The van der Waals surface area contributed by atoms with E-state index >= 15 is 0 Å². The van der Waals surface area contributed by atoms with Crippen molar-refractivity contribution in [3.63, 3.8) is 0 Å². The SMILES string of the molecule is CNc1ncnc2c1c(I)nn2C(C)c1cc2ccccn2c1-c1ccn(CCN2CCOCC2)c(=O)c1. The molecular formula is C27H29IN8O2. The summed E-state index contributed by atoms with van der Waals surface area (Å²) in [5, 5.41) is 8.90. The van der Waals surface area contributed by atoms with Gasteiger partial charge in [0.15, 0.2) is 5.65 Å². The van der Waals surface area contributed by atoms with E-state index in [0.717, 1.165) is 75.7 Å². The average molecular weight is 624 g/mol. The van der Waals surface area contributed by atoms with E-state index in [1.54, 1.807) is 17.0 Å². The molecular weight excluding hydrogens is 595 g/mol. The summed E-state index contributed by atoms with van der Waals surface area (Å²) in [7, 11) is 1.85. The molecule has 196 valence electrons. The summed E-state index contributed by atoms with van der Waals surface area (Å²) >= 11 is 2.24. The highest BCUT2D eigenvalue weighted by Crippen LogP contribution is 2.35. The topological polar surface area (TPSA) is 94.5 Å². The molecule has 38 heavy (non-hydrogen) atoms. The van der Waals surface area contributed by atoms with Gasteiger partial charge in [-0.15, -0.1) is 0 Å². The second-order valence-electron chi connectivity index (χ2n) is 9.43. The van der Waals surface area contributed by atoms with Crippen molar-refractivity contribution in [1.29, 1.82) is 0 Å². The molecule has 0 aromatic carbocycles. The summed E-state index contributed by atoms with van der Waals surface area (Å²) in [5.41, 5.74) is 4.73. The summed E-state index contributed by atoms with van der Waals surface area (Å²) < 4.78 is 12.2. The molecule has 1 unspecified atom stereocenters. The standard InChI is InChI=1S/C27H29IN8O2/c1-18(36-27-23(25(28)32-36)26(29-2)30-17-31-27)21-16-20-5-3-4-7-35(20)24(21)19-6-8-34(22(37)15-19)10-9-33-11-13-38-14-12-33/h3-8,15-18H,9-14H2,1-2H3,(H,29,30,31). The van der Waals surface area contributed by atoms with Crippen molar-refractivity contribution < 1.29 is 4.74 Å². The summed E-state index contributed by atoms with van der Waals surface area (Å²) in [6.07, 6.45) is 5.51. The van der Waals surface area contributed by atoms with Gasteiger partial charge in [-0.1, -0.05) is 6.07 Å². The Morgan fingerprint density at radius 3 is 2.74 bits per heavy atom. The second-order valence-corrected chi connectivity index (χ2v) is 10.4. The number of nitrogens with one attached hydrogen (secondary N) is 1. The van der Waals surface area contributed by atoms with Gasteiger partial charge in [0.05, 0.1) is 30.3 Å². The number of nitrogens with zero attached hydrogens (tertiary/aromatic N) is 7. The van der Waals surface area contributed by atoms with Gasteiger partial charge < -0.3 is 19.0 Å². The van der Waals surface area contributed by atoms with E-state index in [2.05, 4.69) is 66.2 Å². The number of morpholine rings is 1. The molecule has 0 radical (unpaired) electrons. The number of fused-ring (bicyclic) bond motifs is 2. The monoisotopic (exact) mass is 624 g/mol. The molecule has 10 nitrogen and oxygen atoms in total. The molecule has 5 aromatic rings. The molecule has 1 aliphatic heterocycles. The Labute approximate surface area is 233 Å². The largest absolute Gasteiger partial charge is 0.379 e. The number of anilines is 1. The third-order valence-corrected chi connectivity index (χ3v) is 7.99. The van der Waals surface area contributed by atoms with Gasteiger partial charge >= 0.3 is 0 Å². The van der Waals surface area contributed by atoms with E-state index in [-0.39, 0.29) is 11.6 Å². The van der Waals surface area contributed by atoms with Crippen molar-refractivity contribution in [2.24, 2.45) is 0 Å². The fraction of sp³-hybridized carbons (Fsp3) is 0.333. The van der Waals surface area contributed by atoms with E-state index in [9.17, 15) is 4.79 Å². The third-order valence-electron chi connectivity index (χ3n) is 7.24. The van der Waals surface area contributed by atoms with Gasteiger partial charge in [-0.3, -0.25) is 9.69 Å². The molecule has 0 bridgehead atoms. The zero-order valence-corrected chi connectivity index (χ0v) is 23.5. The smallest absolute Gasteiger partial charge is 0.251 e. The number of pyridine rings is 2. The first-order valence-corrected chi connectivity index (χ1v) is 13.8. The molecule has 0 amide bonds. The molecule has 0 saturated carbocycles. The van der Waals surface area contributed by atoms with Crippen LogP contribution in [0.3, 0.4) is 0 Å². The average Bonchev–Trinajstić information content (AvgIpc) is 3.51. The minimum atomic E-state index is -0.140. The lowest BCUT2D eigenvalue weighted by molar-refractivity contribution is 0.0363. The second kappa shape index (κ2) is 10.5. The van der Waals surface area contributed by atoms with Gasteiger partial charge in [-0.05, 0) is 53.8 Å². The first-order valence-electron chi connectivity index (χ1n) is 12.7. The lowest BCUT2D eigenvalue weighted by Gasteiger charge is -2.26. The Morgan fingerprint density at radius 1 is 1.11 bits per heavy atom. The maximum atomic E-state index is 13.2. The molecule has 1 fully saturated rings. The van der Waals surface area contributed by atoms with Crippen LogP contribution in [0.15, 0.2) is 59.9 Å². The van der Waals surface area contributed by atoms with Gasteiger partial charge in [0.1, 0.15) is 15.8 Å². The van der Waals surface area contributed by atoms with Crippen LogP contribution in [0.1, 0.15) is 18.5 Å². The third kappa shape index (κ3) is 4.48.